The molecule has 0 unspecified atom stereocenters. The standard InChI is InChI=1S/C16H17N3/c1-11-13(12-6-2-4-8-15(12)19-11)10-18-16-9-5-3-7-14(16)17/h2-9,18-19H,10,17H2,1H3. The zero-order valence-corrected chi connectivity index (χ0v) is 10.9. The smallest absolute Gasteiger partial charge is 0.0576 e. The van der Waals surface area contributed by atoms with E-state index in [2.05, 4.69) is 35.4 Å². The number of anilines is 2. The highest BCUT2D eigenvalue weighted by atomic mass is 14.9. The minimum atomic E-state index is 0.768. The number of rotatable bonds is 3. The van der Waals surface area contributed by atoms with Gasteiger partial charge in [0.05, 0.1) is 11.4 Å². The minimum Gasteiger partial charge on any atom is -0.397 e. The number of para-hydroxylation sites is 3. The Hall–Kier alpha value is -2.42. The molecule has 2 aromatic carbocycles. The second kappa shape index (κ2) is 4.69. The van der Waals surface area contributed by atoms with Crippen LogP contribution in [0.5, 0.6) is 0 Å². The number of H-pyrrole nitrogens is 1. The van der Waals surface area contributed by atoms with Gasteiger partial charge in [-0.15, -0.1) is 0 Å². The van der Waals surface area contributed by atoms with E-state index in [0.29, 0.717) is 0 Å². The molecule has 96 valence electrons. The second-order valence-electron chi connectivity index (χ2n) is 4.71. The van der Waals surface area contributed by atoms with Crippen molar-refractivity contribution in [1.29, 1.82) is 0 Å². The van der Waals surface area contributed by atoms with Gasteiger partial charge in [-0.1, -0.05) is 30.3 Å². The average molecular weight is 251 g/mol. The molecule has 1 aromatic heterocycles. The molecule has 0 radical (unpaired) electrons. The third-order valence-electron chi connectivity index (χ3n) is 3.44. The van der Waals surface area contributed by atoms with Crippen LogP contribution in [0.4, 0.5) is 11.4 Å². The van der Waals surface area contributed by atoms with Gasteiger partial charge in [-0.3, -0.25) is 0 Å². The van der Waals surface area contributed by atoms with E-state index in [-0.39, 0.29) is 0 Å². The molecule has 0 aliphatic rings. The summed E-state index contributed by atoms with van der Waals surface area (Å²) < 4.78 is 0. The predicted molar refractivity (Wildman–Crippen MR) is 81.2 cm³/mol. The lowest BCUT2D eigenvalue weighted by atomic mass is 10.1. The minimum absolute atomic E-state index is 0.768. The van der Waals surface area contributed by atoms with Gasteiger partial charge in [0.25, 0.3) is 0 Å². The van der Waals surface area contributed by atoms with Crippen LogP contribution in [0.2, 0.25) is 0 Å². The van der Waals surface area contributed by atoms with Gasteiger partial charge in [0.15, 0.2) is 0 Å². The van der Waals surface area contributed by atoms with Gasteiger partial charge in [-0.2, -0.15) is 0 Å². The molecule has 1 heterocycles. The highest BCUT2D eigenvalue weighted by Gasteiger charge is 2.07. The van der Waals surface area contributed by atoms with Crippen LogP contribution >= 0.6 is 0 Å². The number of fused-ring (bicyclic) bond motifs is 1. The van der Waals surface area contributed by atoms with Crippen molar-refractivity contribution < 1.29 is 0 Å². The highest BCUT2D eigenvalue weighted by Crippen LogP contribution is 2.24. The quantitative estimate of drug-likeness (QED) is 0.622. The van der Waals surface area contributed by atoms with Crippen LogP contribution in [-0.2, 0) is 6.54 Å². The predicted octanol–water partition coefficient (Wildman–Crippen LogP) is 3.67. The molecule has 3 rings (SSSR count). The van der Waals surface area contributed by atoms with Crippen molar-refractivity contribution in [3.05, 3.63) is 59.8 Å². The third kappa shape index (κ3) is 2.15. The van der Waals surface area contributed by atoms with Crippen LogP contribution in [-0.4, -0.2) is 4.98 Å². The summed E-state index contributed by atoms with van der Waals surface area (Å²) >= 11 is 0. The van der Waals surface area contributed by atoms with Crippen LogP contribution in [0.15, 0.2) is 48.5 Å². The summed E-state index contributed by atoms with van der Waals surface area (Å²) in [6.07, 6.45) is 0. The maximum Gasteiger partial charge on any atom is 0.0576 e. The maximum atomic E-state index is 5.94. The maximum absolute atomic E-state index is 5.94. The summed E-state index contributed by atoms with van der Waals surface area (Å²) in [6.45, 7) is 2.87. The van der Waals surface area contributed by atoms with Crippen LogP contribution in [0.25, 0.3) is 10.9 Å². The van der Waals surface area contributed by atoms with Crippen LogP contribution < -0.4 is 11.1 Å². The molecule has 3 heteroatoms. The van der Waals surface area contributed by atoms with E-state index in [1.807, 2.05) is 30.3 Å². The van der Waals surface area contributed by atoms with E-state index >= 15 is 0 Å². The summed E-state index contributed by atoms with van der Waals surface area (Å²) in [4.78, 5) is 3.41. The third-order valence-corrected chi connectivity index (χ3v) is 3.44. The Morgan fingerprint density at radius 3 is 2.63 bits per heavy atom. The first kappa shape index (κ1) is 11.7. The van der Waals surface area contributed by atoms with E-state index in [0.717, 1.165) is 17.9 Å². The molecule has 0 aliphatic carbocycles. The average Bonchev–Trinajstić information content (AvgIpc) is 2.74. The first-order valence-corrected chi connectivity index (χ1v) is 6.40. The van der Waals surface area contributed by atoms with E-state index in [1.54, 1.807) is 0 Å². The van der Waals surface area contributed by atoms with Gasteiger partial charge in [0, 0.05) is 23.1 Å². The van der Waals surface area contributed by atoms with Crippen molar-refractivity contribution in [3.8, 4) is 0 Å². The zero-order chi connectivity index (χ0) is 13.2. The van der Waals surface area contributed by atoms with Crippen LogP contribution in [0, 0.1) is 6.92 Å². The number of hydrogen-bond acceptors (Lipinski definition) is 2. The molecule has 0 aliphatic heterocycles. The fraction of sp³-hybridized carbons (Fsp3) is 0.125. The molecular formula is C16H17N3. The van der Waals surface area contributed by atoms with Crippen molar-refractivity contribution >= 4 is 22.3 Å². The van der Waals surface area contributed by atoms with Gasteiger partial charge in [-0.25, -0.2) is 0 Å². The molecule has 0 amide bonds. The van der Waals surface area contributed by atoms with Gasteiger partial charge in [0.2, 0.25) is 0 Å². The summed E-state index contributed by atoms with van der Waals surface area (Å²) in [7, 11) is 0. The Bertz CT molecular complexity index is 713. The summed E-state index contributed by atoms with van der Waals surface area (Å²) in [5, 5.41) is 4.67. The van der Waals surface area contributed by atoms with E-state index < -0.39 is 0 Å². The van der Waals surface area contributed by atoms with E-state index in [4.69, 9.17) is 5.73 Å². The zero-order valence-electron chi connectivity index (χ0n) is 10.9. The SMILES string of the molecule is Cc1[nH]c2ccccc2c1CNc1ccccc1N. The number of benzene rings is 2. The molecule has 0 saturated heterocycles. The van der Waals surface area contributed by atoms with Crippen molar-refractivity contribution in [3.63, 3.8) is 0 Å². The van der Waals surface area contributed by atoms with Gasteiger partial charge >= 0.3 is 0 Å². The van der Waals surface area contributed by atoms with Gasteiger partial charge in [0.1, 0.15) is 0 Å². The second-order valence-corrected chi connectivity index (χ2v) is 4.71. The van der Waals surface area contributed by atoms with E-state index in [9.17, 15) is 0 Å². The molecule has 0 atom stereocenters. The first-order valence-electron chi connectivity index (χ1n) is 6.40. The molecule has 0 fully saturated rings. The van der Waals surface area contributed by atoms with Gasteiger partial charge < -0.3 is 16.0 Å². The molecule has 19 heavy (non-hydrogen) atoms. The number of aromatic nitrogens is 1. The normalized spacial score (nSPS) is 10.8. The lowest BCUT2D eigenvalue weighted by molar-refractivity contribution is 1.12. The van der Waals surface area contributed by atoms with E-state index in [1.165, 1.54) is 22.2 Å². The molecule has 3 aromatic rings. The van der Waals surface area contributed by atoms with Crippen molar-refractivity contribution in [1.82, 2.24) is 4.98 Å². The number of nitrogens with two attached hydrogens (primary N) is 1. The number of nitrogens with one attached hydrogen (secondary N) is 2. The van der Waals surface area contributed by atoms with Crippen LogP contribution in [0.1, 0.15) is 11.3 Å². The van der Waals surface area contributed by atoms with Gasteiger partial charge in [-0.05, 0) is 30.7 Å². The monoisotopic (exact) mass is 251 g/mol. The molecular weight excluding hydrogens is 234 g/mol. The Labute approximate surface area is 112 Å². The molecule has 0 spiro atoms. The summed E-state index contributed by atoms with van der Waals surface area (Å²) in [5.41, 5.74) is 11.4. The Kier molecular flexibility index (Phi) is 2.88. The summed E-state index contributed by atoms with van der Waals surface area (Å²) in [6, 6.07) is 16.2. The fourth-order valence-electron chi connectivity index (χ4n) is 2.40. The number of hydrogen-bond donors (Lipinski definition) is 3. The lowest BCUT2D eigenvalue weighted by Gasteiger charge is -2.09. The first-order chi connectivity index (χ1) is 9.25. The lowest BCUT2D eigenvalue weighted by Crippen LogP contribution is -2.02. The number of aryl methyl sites for hydroxylation is 1. The molecule has 0 saturated carbocycles. The molecule has 4 N–H and O–H groups in total. The topological polar surface area (TPSA) is 53.8 Å². The van der Waals surface area contributed by atoms with Crippen molar-refractivity contribution in [2.24, 2.45) is 0 Å². The molecule has 0 bridgehead atoms. The molecule has 3 nitrogen and oxygen atoms in total. The van der Waals surface area contributed by atoms with Crippen LogP contribution in [0.3, 0.4) is 0 Å². The Morgan fingerprint density at radius 2 is 1.79 bits per heavy atom. The Morgan fingerprint density at radius 1 is 1.05 bits per heavy atom. The van der Waals surface area contributed by atoms with Crippen molar-refractivity contribution in [2.45, 2.75) is 13.5 Å². The number of aromatic amines is 1. The Balaban J connectivity index is 1.90. The summed E-state index contributed by atoms with van der Waals surface area (Å²) in [5.74, 6) is 0. The number of nitrogen functional groups attached to an aromatic ring is 1. The van der Waals surface area contributed by atoms with Crippen molar-refractivity contribution in [2.75, 3.05) is 11.1 Å². The fourth-order valence-corrected chi connectivity index (χ4v) is 2.40. The largest absolute Gasteiger partial charge is 0.397 e. The highest BCUT2D eigenvalue weighted by molar-refractivity contribution is 5.85.